The van der Waals surface area contributed by atoms with Crippen molar-refractivity contribution in [2.45, 2.75) is 12.5 Å². The lowest BCUT2D eigenvalue weighted by Gasteiger charge is -2.15. The van der Waals surface area contributed by atoms with Crippen molar-refractivity contribution < 1.29 is 0 Å². The molecule has 0 aliphatic heterocycles. The van der Waals surface area contributed by atoms with Gasteiger partial charge in [0.2, 0.25) is 0 Å². The summed E-state index contributed by atoms with van der Waals surface area (Å²) < 4.78 is 1.79. The first kappa shape index (κ1) is 12.8. The quantitative estimate of drug-likeness (QED) is 0.558. The number of nitrogens with zero attached hydrogens (tertiary/aromatic N) is 3. The molecule has 0 saturated heterocycles. The molecule has 0 fully saturated rings. The molecule has 3 aromatic rings. The number of pyridine rings is 1. The number of benzene rings is 1. The summed E-state index contributed by atoms with van der Waals surface area (Å²) in [6, 6.07) is 12.1. The number of aromatic nitrogens is 3. The highest BCUT2D eigenvalue weighted by atomic mass is 15.2. The lowest BCUT2D eigenvalue weighted by Crippen LogP contribution is -2.30. The standard InChI is InChI=1S/C15H17N5/c1-20-10-11(9-17-20)8-15(19-16)14-7-6-12-4-2-3-5-13(12)18-14/h2-7,9-10,15,19H,8,16H2,1H3. The van der Waals surface area contributed by atoms with Crippen molar-refractivity contribution in [2.75, 3.05) is 0 Å². The van der Waals surface area contributed by atoms with Gasteiger partial charge in [0.05, 0.1) is 23.4 Å². The van der Waals surface area contributed by atoms with Gasteiger partial charge in [-0.05, 0) is 24.1 Å². The molecular formula is C15H17N5. The average molecular weight is 267 g/mol. The minimum atomic E-state index is -0.0243. The van der Waals surface area contributed by atoms with E-state index in [1.165, 1.54) is 0 Å². The van der Waals surface area contributed by atoms with Crippen molar-refractivity contribution >= 4 is 10.9 Å². The van der Waals surface area contributed by atoms with Crippen molar-refractivity contribution in [3.63, 3.8) is 0 Å². The number of hydrazine groups is 1. The molecule has 1 unspecified atom stereocenters. The lowest BCUT2D eigenvalue weighted by molar-refractivity contribution is 0.540. The number of hydrogen-bond donors (Lipinski definition) is 2. The Labute approximate surface area is 117 Å². The van der Waals surface area contributed by atoms with Crippen LogP contribution in [0.3, 0.4) is 0 Å². The summed E-state index contributed by atoms with van der Waals surface area (Å²) >= 11 is 0. The monoisotopic (exact) mass is 267 g/mol. The Hall–Kier alpha value is -2.24. The minimum absolute atomic E-state index is 0.0243. The minimum Gasteiger partial charge on any atom is -0.276 e. The van der Waals surface area contributed by atoms with Crippen molar-refractivity contribution in [1.82, 2.24) is 20.2 Å². The highest BCUT2D eigenvalue weighted by Crippen LogP contribution is 2.19. The molecule has 3 N–H and O–H groups in total. The van der Waals surface area contributed by atoms with Gasteiger partial charge in [-0.25, -0.2) is 0 Å². The molecule has 0 aliphatic rings. The molecule has 20 heavy (non-hydrogen) atoms. The Morgan fingerprint density at radius 1 is 1.25 bits per heavy atom. The van der Waals surface area contributed by atoms with Crippen LogP contribution in [0.5, 0.6) is 0 Å². The summed E-state index contributed by atoms with van der Waals surface area (Å²) in [5, 5.41) is 5.31. The predicted octanol–water partition coefficient (Wildman–Crippen LogP) is 1.72. The smallest absolute Gasteiger partial charge is 0.0706 e. The normalized spacial score (nSPS) is 12.7. The molecule has 1 atom stereocenters. The van der Waals surface area contributed by atoms with E-state index in [4.69, 9.17) is 5.84 Å². The largest absolute Gasteiger partial charge is 0.276 e. The molecule has 2 heterocycles. The number of nitrogens with two attached hydrogens (primary N) is 1. The number of fused-ring (bicyclic) bond motifs is 1. The van der Waals surface area contributed by atoms with Gasteiger partial charge in [-0.15, -0.1) is 0 Å². The predicted molar refractivity (Wildman–Crippen MR) is 78.7 cm³/mol. The fourth-order valence-electron chi connectivity index (χ4n) is 2.34. The number of hydrogen-bond acceptors (Lipinski definition) is 4. The third-order valence-electron chi connectivity index (χ3n) is 3.38. The molecule has 102 valence electrons. The van der Waals surface area contributed by atoms with E-state index in [0.29, 0.717) is 0 Å². The van der Waals surface area contributed by atoms with E-state index in [-0.39, 0.29) is 6.04 Å². The van der Waals surface area contributed by atoms with Crippen molar-refractivity contribution in [3.8, 4) is 0 Å². The van der Waals surface area contributed by atoms with E-state index in [0.717, 1.165) is 28.6 Å². The second kappa shape index (κ2) is 5.40. The molecule has 2 aromatic heterocycles. The molecule has 5 nitrogen and oxygen atoms in total. The van der Waals surface area contributed by atoms with Crippen LogP contribution in [0, 0.1) is 0 Å². The molecule has 3 rings (SSSR count). The van der Waals surface area contributed by atoms with Crippen molar-refractivity contribution in [2.24, 2.45) is 12.9 Å². The van der Waals surface area contributed by atoms with E-state index >= 15 is 0 Å². The van der Waals surface area contributed by atoms with E-state index in [2.05, 4.69) is 27.6 Å². The summed E-state index contributed by atoms with van der Waals surface area (Å²) in [5.74, 6) is 5.69. The van der Waals surface area contributed by atoms with Gasteiger partial charge in [-0.3, -0.25) is 20.9 Å². The molecule has 5 heteroatoms. The van der Waals surface area contributed by atoms with Crippen LogP contribution in [0.1, 0.15) is 17.3 Å². The SMILES string of the molecule is Cn1cc(CC(NN)c2ccc3ccccc3n2)cn1. The first-order valence-corrected chi connectivity index (χ1v) is 6.55. The Bertz CT molecular complexity index is 719. The maximum atomic E-state index is 5.69. The topological polar surface area (TPSA) is 68.8 Å². The van der Waals surface area contributed by atoms with Crippen LogP contribution < -0.4 is 11.3 Å². The highest BCUT2D eigenvalue weighted by Gasteiger charge is 2.13. The Balaban J connectivity index is 1.90. The van der Waals surface area contributed by atoms with Gasteiger partial charge < -0.3 is 0 Å². The van der Waals surface area contributed by atoms with Crippen LogP contribution >= 0.6 is 0 Å². The van der Waals surface area contributed by atoms with Gasteiger partial charge in [0.25, 0.3) is 0 Å². The molecule has 1 aromatic carbocycles. The van der Waals surface area contributed by atoms with E-state index in [1.807, 2.05) is 43.7 Å². The van der Waals surface area contributed by atoms with Crippen LogP contribution in [-0.4, -0.2) is 14.8 Å². The maximum Gasteiger partial charge on any atom is 0.0706 e. The third-order valence-corrected chi connectivity index (χ3v) is 3.38. The average Bonchev–Trinajstić information content (AvgIpc) is 2.89. The highest BCUT2D eigenvalue weighted by molar-refractivity contribution is 5.78. The second-order valence-corrected chi connectivity index (χ2v) is 4.87. The van der Waals surface area contributed by atoms with E-state index in [9.17, 15) is 0 Å². The summed E-state index contributed by atoms with van der Waals surface area (Å²) in [4.78, 5) is 4.68. The fourth-order valence-corrected chi connectivity index (χ4v) is 2.34. The molecule has 0 amide bonds. The zero-order chi connectivity index (χ0) is 13.9. The van der Waals surface area contributed by atoms with Crippen LogP contribution in [-0.2, 0) is 13.5 Å². The van der Waals surface area contributed by atoms with Gasteiger partial charge in [0.15, 0.2) is 0 Å². The van der Waals surface area contributed by atoms with Crippen molar-refractivity contribution in [3.05, 3.63) is 60.0 Å². The van der Waals surface area contributed by atoms with Gasteiger partial charge >= 0.3 is 0 Å². The maximum absolute atomic E-state index is 5.69. The molecular weight excluding hydrogens is 250 g/mol. The van der Waals surface area contributed by atoms with E-state index < -0.39 is 0 Å². The summed E-state index contributed by atoms with van der Waals surface area (Å²) in [6.45, 7) is 0. The van der Waals surface area contributed by atoms with Gasteiger partial charge in [0.1, 0.15) is 0 Å². The van der Waals surface area contributed by atoms with Crippen LogP contribution in [0.4, 0.5) is 0 Å². The zero-order valence-corrected chi connectivity index (χ0v) is 11.3. The van der Waals surface area contributed by atoms with Crippen molar-refractivity contribution in [1.29, 1.82) is 0 Å². The Morgan fingerprint density at radius 3 is 2.85 bits per heavy atom. The summed E-state index contributed by atoms with van der Waals surface area (Å²) in [7, 11) is 1.91. The lowest BCUT2D eigenvalue weighted by atomic mass is 10.1. The molecule has 0 radical (unpaired) electrons. The Morgan fingerprint density at radius 2 is 2.10 bits per heavy atom. The molecule has 0 bridgehead atoms. The van der Waals surface area contributed by atoms with Crippen LogP contribution in [0.15, 0.2) is 48.8 Å². The fraction of sp³-hybridized carbons (Fsp3) is 0.200. The first-order chi connectivity index (χ1) is 9.76. The first-order valence-electron chi connectivity index (χ1n) is 6.55. The van der Waals surface area contributed by atoms with Gasteiger partial charge in [-0.2, -0.15) is 5.10 Å². The summed E-state index contributed by atoms with van der Waals surface area (Å²) in [6.07, 6.45) is 4.60. The van der Waals surface area contributed by atoms with Crippen LogP contribution in [0.2, 0.25) is 0 Å². The van der Waals surface area contributed by atoms with E-state index in [1.54, 1.807) is 4.68 Å². The molecule has 0 aliphatic carbocycles. The summed E-state index contributed by atoms with van der Waals surface area (Å²) in [5.41, 5.74) is 5.89. The van der Waals surface area contributed by atoms with Gasteiger partial charge in [-0.1, -0.05) is 24.3 Å². The second-order valence-electron chi connectivity index (χ2n) is 4.87. The molecule has 0 saturated carbocycles. The number of para-hydroxylation sites is 1. The third kappa shape index (κ3) is 2.54. The number of nitrogens with one attached hydrogen (secondary N) is 1. The Kier molecular flexibility index (Phi) is 3.45. The van der Waals surface area contributed by atoms with Crippen LogP contribution in [0.25, 0.3) is 10.9 Å². The molecule has 0 spiro atoms. The zero-order valence-electron chi connectivity index (χ0n) is 11.3. The number of rotatable bonds is 4. The number of aryl methyl sites for hydroxylation is 1. The van der Waals surface area contributed by atoms with Gasteiger partial charge in [0, 0.05) is 18.6 Å².